The molecule has 2 rings (SSSR count). The molecule has 4 nitrogen and oxygen atoms in total. The van der Waals surface area contributed by atoms with Crippen molar-refractivity contribution in [2.45, 2.75) is 4.90 Å². The number of halogens is 2. The highest BCUT2D eigenvalue weighted by Gasteiger charge is 2.17. The van der Waals surface area contributed by atoms with Crippen molar-refractivity contribution in [2.24, 2.45) is 0 Å². The van der Waals surface area contributed by atoms with E-state index < -0.39 is 10.0 Å². The molecular weight excluding hydrogens is 319 g/mol. The zero-order chi connectivity index (χ0) is 14.8. The predicted molar refractivity (Wildman–Crippen MR) is 78.4 cm³/mol. The molecule has 0 bridgehead atoms. The Morgan fingerprint density at radius 2 is 1.75 bits per heavy atom. The molecule has 0 spiro atoms. The Hall–Kier alpha value is -1.74. The molecule has 0 fully saturated rings. The van der Waals surface area contributed by atoms with E-state index in [0.29, 0.717) is 0 Å². The van der Waals surface area contributed by atoms with Crippen molar-refractivity contribution in [1.29, 1.82) is 5.26 Å². The van der Waals surface area contributed by atoms with Gasteiger partial charge in [-0.2, -0.15) is 5.26 Å². The van der Waals surface area contributed by atoms with Crippen molar-refractivity contribution >= 4 is 38.9 Å². The molecule has 2 aromatic carbocycles. The third kappa shape index (κ3) is 3.05. The minimum absolute atomic E-state index is 0.0258. The second kappa shape index (κ2) is 5.71. The Morgan fingerprint density at radius 1 is 1.05 bits per heavy atom. The summed E-state index contributed by atoms with van der Waals surface area (Å²) in [4.78, 5) is -0.0258. The third-order valence-corrected chi connectivity index (χ3v) is 4.66. The molecule has 0 saturated heterocycles. The van der Waals surface area contributed by atoms with Crippen LogP contribution < -0.4 is 4.72 Å². The summed E-state index contributed by atoms with van der Waals surface area (Å²) in [5.41, 5.74) is 0.529. The van der Waals surface area contributed by atoms with Gasteiger partial charge in [-0.15, -0.1) is 0 Å². The second-order valence-electron chi connectivity index (χ2n) is 3.84. The van der Waals surface area contributed by atoms with Gasteiger partial charge >= 0.3 is 0 Å². The van der Waals surface area contributed by atoms with Gasteiger partial charge in [-0.25, -0.2) is 8.42 Å². The van der Waals surface area contributed by atoms with Crippen LogP contribution in [0, 0.1) is 11.3 Å². The lowest BCUT2D eigenvalue weighted by Gasteiger charge is -2.09. The van der Waals surface area contributed by atoms with Crippen LogP contribution in [0.2, 0.25) is 10.0 Å². The normalized spacial score (nSPS) is 10.8. The van der Waals surface area contributed by atoms with Crippen LogP contribution in [0.3, 0.4) is 0 Å². The molecule has 0 aliphatic rings. The zero-order valence-corrected chi connectivity index (χ0v) is 12.3. The summed E-state index contributed by atoms with van der Waals surface area (Å²) in [7, 11) is -3.80. The molecule has 102 valence electrons. The van der Waals surface area contributed by atoms with Crippen LogP contribution in [0.4, 0.5) is 5.69 Å². The molecule has 0 aromatic heterocycles. The summed E-state index contributed by atoms with van der Waals surface area (Å²) >= 11 is 11.7. The zero-order valence-electron chi connectivity index (χ0n) is 9.97. The molecule has 0 amide bonds. The van der Waals surface area contributed by atoms with Gasteiger partial charge in [-0.3, -0.25) is 4.72 Å². The largest absolute Gasteiger partial charge is 0.280 e. The molecule has 2 aromatic rings. The SMILES string of the molecule is N#Cc1ccc(NS(=O)(=O)c2ccccc2Cl)cc1Cl. The van der Waals surface area contributed by atoms with Gasteiger partial charge in [-0.05, 0) is 30.3 Å². The van der Waals surface area contributed by atoms with Gasteiger partial charge in [0.1, 0.15) is 11.0 Å². The van der Waals surface area contributed by atoms with E-state index in [9.17, 15) is 8.42 Å². The van der Waals surface area contributed by atoms with E-state index >= 15 is 0 Å². The maximum atomic E-state index is 12.2. The number of benzene rings is 2. The Bertz CT molecular complexity index is 798. The first-order valence-corrected chi connectivity index (χ1v) is 7.65. The lowest BCUT2D eigenvalue weighted by Crippen LogP contribution is -2.13. The van der Waals surface area contributed by atoms with E-state index in [-0.39, 0.29) is 26.2 Å². The topological polar surface area (TPSA) is 70.0 Å². The summed E-state index contributed by atoms with van der Waals surface area (Å²) in [6.45, 7) is 0. The van der Waals surface area contributed by atoms with Crippen molar-refractivity contribution in [3.05, 3.63) is 58.1 Å². The van der Waals surface area contributed by atoms with Crippen LogP contribution >= 0.6 is 23.2 Å². The number of anilines is 1. The average molecular weight is 327 g/mol. The Labute approximate surface area is 126 Å². The van der Waals surface area contributed by atoms with E-state index in [1.807, 2.05) is 6.07 Å². The molecule has 0 radical (unpaired) electrons. The van der Waals surface area contributed by atoms with Crippen LogP contribution in [-0.4, -0.2) is 8.42 Å². The molecule has 0 aliphatic heterocycles. The average Bonchev–Trinajstić information content (AvgIpc) is 2.38. The highest BCUT2D eigenvalue weighted by atomic mass is 35.5. The van der Waals surface area contributed by atoms with Gasteiger partial charge in [0.05, 0.1) is 21.3 Å². The monoisotopic (exact) mass is 326 g/mol. The highest BCUT2D eigenvalue weighted by molar-refractivity contribution is 7.92. The van der Waals surface area contributed by atoms with Gasteiger partial charge in [0, 0.05) is 0 Å². The fourth-order valence-corrected chi connectivity index (χ4v) is 3.34. The molecule has 0 atom stereocenters. The van der Waals surface area contributed by atoms with E-state index in [0.717, 1.165) is 0 Å². The predicted octanol–water partition coefficient (Wildman–Crippen LogP) is 3.67. The maximum Gasteiger partial charge on any atom is 0.263 e. The molecule has 0 unspecified atom stereocenters. The van der Waals surface area contributed by atoms with Crippen LogP contribution in [0.5, 0.6) is 0 Å². The fraction of sp³-hybridized carbons (Fsp3) is 0. The van der Waals surface area contributed by atoms with Crippen molar-refractivity contribution < 1.29 is 8.42 Å². The van der Waals surface area contributed by atoms with E-state index in [1.54, 1.807) is 12.1 Å². The Kier molecular flexibility index (Phi) is 4.19. The van der Waals surface area contributed by atoms with Crippen LogP contribution in [0.25, 0.3) is 0 Å². The van der Waals surface area contributed by atoms with Gasteiger partial charge in [-0.1, -0.05) is 35.3 Å². The smallest absolute Gasteiger partial charge is 0.263 e. The van der Waals surface area contributed by atoms with Gasteiger partial charge in [0.25, 0.3) is 10.0 Å². The van der Waals surface area contributed by atoms with Crippen molar-refractivity contribution in [3.63, 3.8) is 0 Å². The summed E-state index contributed by atoms with van der Waals surface area (Å²) in [6.07, 6.45) is 0. The highest BCUT2D eigenvalue weighted by Crippen LogP contribution is 2.25. The van der Waals surface area contributed by atoms with E-state index in [2.05, 4.69) is 4.72 Å². The summed E-state index contributed by atoms with van der Waals surface area (Å²) in [6, 6.07) is 12.3. The standard InChI is InChI=1S/C13H8Cl2N2O2S/c14-11-3-1-2-4-13(11)20(18,19)17-10-6-5-9(8-16)12(15)7-10/h1-7,17H. The van der Waals surface area contributed by atoms with Crippen LogP contribution in [0.15, 0.2) is 47.4 Å². The lowest BCUT2D eigenvalue weighted by atomic mass is 10.2. The number of nitriles is 1. The number of nitrogens with zero attached hydrogens (tertiary/aromatic N) is 1. The maximum absolute atomic E-state index is 12.2. The minimum atomic E-state index is -3.80. The Morgan fingerprint density at radius 3 is 2.35 bits per heavy atom. The summed E-state index contributed by atoms with van der Waals surface area (Å²) < 4.78 is 26.7. The first-order chi connectivity index (χ1) is 9.44. The molecule has 7 heteroatoms. The van der Waals surface area contributed by atoms with Gasteiger partial charge in [0.15, 0.2) is 0 Å². The van der Waals surface area contributed by atoms with Gasteiger partial charge in [0.2, 0.25) is 0 Å². The second-order valence-corrected chi connectivity index (χ2v) is 6.31. The number of hydrogen-bond acceptors (Lipinski definition) is 3. The fourth-order valence-electron chi connectivity index (χ4n) is 1.54. The Balaban J connectivity index is 2.37. The molecule has 0 heterocycles. The molecule has 0 aliphatic carbocycles. The summed E-state index contributed by atoms with van der Waals surface area (Å²) in [5, 5.41) is 9.06. The minimum Gasteiger partial charge on any atom is -0.280 e. The van der Waals surface area contributed by atoms with Crippen molar-refractivity contribution in [1.82, 2.24) is 0 Å². The van der Waals surface area contributed by atoms with E-state index in [4.69, 9.17) is 28.5 Å². The number of hydrogen-bond donors (Lipinski definition) is 1. The van der Waals surface area contributed by atoms with E-state index in [1.165, 1.54) is 30.3 Å². The lowest BCUT2D eigenvalue weighted by molar-refractivity contribution is 0.601. The molecule has 1 N–H and O–H groups in total. The molecule has 20 heavy (non-hydrogen) atoms. The van der Waals surface area contributed by atoms with Crippen molar-refractivity contribution in [3.8, 4) is 6.07 Å². The molecule has 0 saturated carbocycles. The van der Waals surface area contributed by atoms with Gasteiger partial charge < -0.3 is 0 Å². The van der Waals surface area contributed by atoms with Crippen molar-refractivity contribution in [2.75, 3.05) is 4.72 Å². The first kappa shape index (κ1) is 14.7. The number of nitrogens with one attached hydrogen (secondary N) is 1. The van der Waals surface area contributed by atoms with Crippen LogP contribution in [0.1, 0.15) is 5.56 Å². The quantitative estimate of drug-likeness (QED) is 0.935. The third-order valence-electron chi connectivity index (χ3n) is 2.47. The molecular formula is C13H8Cl2N2O2S. The first-order valence-electron chi connectivity index (χ1n) is 5.41. The number of rotatable bonds is 3. The summed E-state index contributed by atoms with van der Waals surface area (Å²) in [5.74, 6) is 0. The van der Waals surface area contributed by atoms with Crippen LogP contribution in [-0.2, 0) is 10.0 Å². The number of sulfonamides is 1.